The molecule has 1 amide bonds. The summed E-state index contributed by atoms with van der Waals surface area (Å²) in [5, 5.41) is 8.76. The number of aromatic nitrogens is 4. The van der Waals surface area contributed by atoms with Crippen LogP contribution >= 0.6 is 0 Å². The lowest BCUT2D eigenvalue weighted by Gasteiger charge is -2.23. The van der Waals surface area contributed by atoms with Crippen LogP contribution in [0.4, 0.5) is 22.1 Å². The zero-order chi connectivity index (χ0) is 20.7. The zero-order valence-corrected chi connectivity index (χ0v) is 17.0. The van der Waals surface area contributed by atoms with Gasteiger partial charge < -0.3 is 14.8 Å². The summed E-state index contributed by atoms with van der Waals surface area (Å²) in [6.07, 6.45) is 5.20. The summed E-state index contributed by atoms with van der Waals surface area (Å²) in [7, 11) is 0. The van der Waals surface area contributed by atoms with Gasteiger partial charge in [-0.3, -0.25) is 9.58 Å². The number of carbonyl (C=O) groups excluding carboxylic acids is 1. The second kappa shape index (κ2) is 7.56. The van der Waals surface area contributed by atoms with Crippen molar-refractivity contribution < 1.29 is 14.3 Å². The van der Waals surface area contributed by atoms with Gasteiger partial charge in [0.05, 0.1) is 35.2 Å². The number of hydrogen-bond donors (Lipinski definition) is 1. The number of rotatable bonds is 4. The van der Waals surface area contributed by atoms with E-state index in [1.807, 2.05) is 38.2 Å². The van der Waals surface area contributed by atoms with E-state index in [1.54, 1.807) is 11.1 Å². The third-order valence-corrected chi connectivity index (χ3v) is 5.76. The van der Waals surface area contributed by atoms with Gasteiger partial charge in [-0.2, -0.15) is 5.10 Å². The maximum Gasteiger partial charge on any atom is 0.414 e. The van der Waals surface area contributed by atoms with Gasteiger partial charge in [-0.25, -0.2) is 14.8 Å². The van der Waals surface area contributed by atoms with E-state index in [0.29, 0.717) is 18.6 Å². The molecule has 0 bridgehead atoms. The van der Waals surface area contributed by atoms with Gasteiger partial charge >= 0.3 is 6.09 Å². The molecule has 0 aliphatic carbocycles. The van der Waals surface area contributed by atoms with Crippen molar-refractivity contribution in [3.8, 4) is 0 Å². The molecule has 1 N–H and O–H groups in total. The smallest absolute Gasteiger partial charge is 0.414 e. The summed E-state index contributed by atoms with van der Waals surface area (Å²) in [4.78, 5) is 22.8. The minimum atomic E-state index is -0.328. The standard InChI is InChI=1S/C21H24N6O3/c1-13-12-30-21(28)26(13)17-4-3-15-10-22-20(24-18(15)9-17)25-19-11-23-27(14(19)2)16-5-7-29-8-6-16/h3-4,9-11,13,16H,5-8,12H2,1-2H3,(H,22,24,25)/t13-/m0/s1. The Bertz CT molecular complexity index is 1090. The van der Waals surface area contributed by atoms with Gasteiger partial charge in [0, 0.05) is 30.5 Å². The number of ether oxygens (including phenoxy) is 2. The summed E-state index contributed by atoms with van der Waals surface area (Å²) in [6, 6.07) is 6.05. The van der Waals surface area contributed by atoms with Gasteiger partial charge in [0.2, 0.25) is 5.95 Å². The highest BCUT2D eigenvalue weighted by Crippen LogP contribution is 2.29. The molecule has 2 aromatic heterocycles. The minimum Gasteiger partial charge on any atom is -0.447 e. The first-order valence-corrected chi connectivity index (χ1v) is 10.2. The predicted molar refractivity (Wildman–Crippen MR) is 112 cm³/mol. The summed E-state index contributed by atoms with van der Waals surface area (Å²) in [5.41, 5.74) is 3.46. The molecule has 5 rings (SSSR count). The average molecular weight is 408 g/mol. The van der Waals surface area contributed by atoms with Crippen molar-refractivity contribution in [2.45, 2.75) is 38.8 Å². The first-order chi connectivity index (χ1) is 14.6. The number of benzene rings is 1. The molecular formula is C21H24N6O3. The van der Waals surface area contributed by atoms with E-state index in [2.05, 4.69) is 25.1 Å². The van der Waals surface area contributed by atoms with Crippen molar-refractivity contribution in [2.75, 3.05) is 30.0 Å². The average Bonchev–Trinajstić information content (AvgIpc) is 3.29. The summed E-state index contributed by atoms with van der Waals surface area (Å²) in [5.74, 6) is 0.492. The van der Waals surface area contributed by atoms with Gasteiger partial charge in [-0.05, 0) is 44.9 Å². The summed E-state index contributed by atoms with van der Waals surface area (Å²) in [6.45, 7) is 5.94. The van der Waals surface area contributed by atoms with E-state index in [0.717, 1.165) is 54.0 Å². The lowest BCUT2D eigenvalue weighted by Crippen LogP contribution is -2.30. The normalized spacial score (nSPS) is 20.0. The van der Waals surface area contributed by atoms with Gasteiger partial charge in [0.1, 0.15) is 6.61 Å². The summed E-state index contributed by atoms with van der Waals surface area (Å²) >= 11 is 0. The van der Waals surface area contributed by atoms with E-state index >= 15 is 0 Å². The quantitative estimate of drug-likeness (QED) is 0.705. The third kappa shape index (κ3) is 3.35. The molecule has 0 saturated carbocycles. The fourth-order valence-electron chi connectivity index (χ4n) is 4.06. The molecule has 0 spiro atoms. The Morgan fingerprint density at radius 2 is 2.03 bits per heavy atom. The van der Waals surface area contributed by atoms with Crippen LogP contribution in [0.2, 0.25) is 0 Å². The Morgan fingerprint density at radius 1 is 1.20 bits per heavy atom. The Kier molecular flexibility index (Phi) is 4.74. The molecule has 9 heteroatoms. The molecule has 2 aliphatic heterocycles. The molecule has 1 aromatic carbocycles. The Morgan fingerprint density at radius 3 is 2.80 bits per heavy atom. The van der Waals surface area contributed by atoms with Gasteiger partial charge in [-0.1, -0.05) is 0 Å². The van der Waals surface area contributed by atoms with Crippen LogP contribution < -0.4 is 10.2 Å². The number of fused-ring (bicyclic) bond motifs is 1. The molecule has 0 radical (unpaired) electrons. The molecular weight excluding hydrogens is 384 g/mol. The highest BCUT2D eigenvalue weighted by atomic mass is 16.6. The van der Waals surface area contributed by atoms with Gasteiger partial charge in [-0.15, -0.1) is 0 Å². The molecule has 156 valence electrons. The molecule has 2 aliphatic rings. The number of nitrogens with one attached hydrogen (secondary N) is 1. The molecule has 1 atom stereocenters. The number of amides is 1. The first kappa shape index (κ1) is 18.8. The van der Waals surface area contributed by atoms with Crippen LogP contribution in [0.3, 0.4) is 0 Å². The topological polar surface area (TPSA) is 94.4 Å². The van der Waals surface area contributed by atoms with Crippen molar-refractivity contribution in [2.24, 2.45) is 0 Å². The molecule has 2 fully saturated rings. The highest BCUT2D eigenvalue weighted by Gasteiger charge is 2.31. The molecule has 30 heavy (non-hydrogen) atoms. The number of hydrogen-bond acceptors (Lipinski definition) is 7. The maximum absolute atomic E-state index is 12.0. The zero-order valence-electron chi connectivity index (χ0n) is 17.0. The maximum atomic E-state index is 12.0. The van der Waals surface area contributed by atoms with Crippen molar-refractivity contribution in [3.05, 3.63) is 36.3 Å². The Balaban J connectivity index is 1.41. The highest BCUT2D eigenvalue weighted by molar-refractivity contribution is 5.93. The SMILES string of the molecule is Cc1c(Nc2ncc3ccc(N4C(=O)OC[C@@H]4C)cc3n2)cnn1C1CCOCC1. The molecule has 3 aromatic rings. The molecule has 9 nitrogen and oxygen atoms in total. The van der Waals surface area contributed by atoms with Crippen molar-refractivity contribution in [1.82, 2.24) is 19.7 Å². The third-order valence-electron chi connectivity index (χ3n) is 5.76. The lowest BCUT2D eigenvalue weighted by atomic mass is 10.1. The van der Waals surface area contributed by atoms with Crippen LogP contribution in [0.1, 0.15) is 31.5 Å². The van der Waals surface area contributed by atoms with Crippen LogP contribution in [-0.4, -0.2) is 51.7 Å². The van der Waals surface area contributed by atoms with E-state index in [1.165, 1.54) is 0 Å². The van der Waals surface area contributed by atoms with Crippen LogP contribution in [0, 0.1) is 6.92 Å². The number of carbonyl (C=O) groups is 1. The van der Waals surface area contributed by atoms with E-state index in [4.69, 9.17) is 9.47 Å². The molecule has 0 unspecified atom stereocenters. The van der Waals surface area contributed by atoms with Crippen LogP contribution in [0.15, 0.2) is 30.6 Å². The predicted octanol–water partition coefficient (Wildman–Crippen LogP) is 3.57. The van der Waals surface area contributed by atoms with E-state index in [9.17, 15) is 4.79 Å². The van der Waals surface area contributed by atoms with Crippen LogP contribution in [-0.2, 0) is 9.47 Å². The lowest BCUT2D eigenvalue weighted by molar-refractivity contribution is 0.0657. The number of cyclic esters (lactones) is 1. The van der Waals surface area contributed by atoms with Crippen LogP contribution in [0.25, 0.3) is 10.9 Å². The molecule has 2 saturated heterocycles. The second-order valence-electron chi connectivity index (χ2n) is 7.79. The Hall–Kier alpha value is -3.20. The van der Waals surface area contributed by atoms with Crippen LogP contribution in [0.5, 0.6) is 0 Å². The van der Waals surface area contributed by atoms with Gasteiger partial charge in [0.25, 0.3) is 0 Å². The first-order valence-electron chi connectivity index (χ1n) is 10.2. The number of anilines is 3. The van der Waals surface area contributed by atoms with Gasteiger partial charge in [0.15, 0.2) is 0 Å². The van der Waals surface area contributed by atoms with E-state index in [-0.39, 0.29) is 12.1 Å². The van der Waals surface area contributed by atoms with Crippen molar-refractivity contribution in [1.29, 1.82) is 0 Å². The fourth-order valence-corrected chi connectivity index (χ4v) is 4.06. The van der Waals surface area contributed by atoms with Crippen molar-refractivity contribution in [3.63, 3.8) is 0 Å². The minimum absolute atomic E-state index is 0.00643. The van der Waals surface area contributed by atoms with E-state index < -0.39 is 0 Å². The summed E-state index contributed by atoms with van der Waals surface area (Å²) < 4.78 is 12.7. The van der Waals surface area contributed by atoms with Crippen molar-refractivity contribution >= 4 is 34.3 Å². The fraction of sp³-hybridized carbons (Fsp3) is 0.429. The number of nitrogens with zero attached hydrogens (tertiary/aromatic N) is 5. The second-order valence-corrected chi connectivity index (χ2v) is 7.79. The Labute approximate surface area is 174 Å². The largest absolute Gasteiger partial charge is 0.447 e. The molecule has 4 heterocycles. The monoisotopic (exact) mass is 408 g/mol.